The van der Waals surface area contributed by atoms with Gasteiger partial charge in [0.15, 0.2) is 0 Å². The molecule has 0 saturated carbocycles. The molecule has 0 aliphatic carbocycles. The van der Waals surface area contributed by atoms with Crippen molar-refractivity contribution in [3.63, 3.8) is 0 Å². The first-order valence-corrected chi connectivity index (χ1v) is 15.5. The van der Waals surface area contributed by atoms with Crippen molar-refractivity contribution in [3.05, 3.63) is 71.8 Å². The quantitative estimate of drug-likeness (QED) is 0.296. The van der Waals surface area contributed by atoms with Crippen molar-refractivity contribution < 1.29 is 40.7 Å². The molecule has 1 unspecified atom stereocenters. The van der Waals surface area contributed by atoms with E-state index in [1.165, 1.54) is 24.9 Å². The number of amides is 3. The van der Waals surface area contributed by atoms with E-state index in [-0.39, 0.29) is 18.0 Å². The molecule has 10 nitrogen and oxygen atoms in total. The average molecular weight is 655 g/mol. The lowest BCUT2D eigenvalue weighted by Gasteiger charge is -2.38. The first-order chi connectivity index (χ1) is 20.6. The Morgan fingerprint density at radius 3 is 1.98 bits per heavy atom. The second-order valence-corrected chi connectivity index (χ2v) is 13.9. The fourth-order valence-corrected chi connectivity index (χ4v) is 5.50. The van der Waals surface area contributed by atoms with Gasteiger partial charge in [-0.15, -0.1) is 13.2 Å². The molecule has 14 heteroatoms. The van der Waals surface area contributed by atoms with Gasteiger partial charge in [0.1, 0.15) is 11.8 Å². The Bertz CT molecular complexity index is 1490. The predicted molar refractivity (Wildman–Crippen MR) is 164 cm³/mol. The number of rotatable bonds is 12. The van der Waals surface area contributed by atoms with E-state index in [1.807, 2.05) is 69.7 Å². The van der Waals surface area contributed by atoms with Gasteiger partial charge in [0.25, 0.3) is 15.9 Å². The van der Waals surface area contributed by atoms with Crippen LogP contribution in [0.25, 0.3) is 0 Å². The molecule has 2 rings (SSSR count). The molecule has 3 N–H and O–H groups in total. The maximum Gasteiger partial charge on any atom is 0.573 e. The van der Waals surface area contributed by atoms with Crippen molar-refractivity contribution >= 4 is 27.7 Å². The normalized spacial score (nSPS) is 14.2. The predicted octanol–water partition coefficient (Wildman–Crippen LogP) is 3.89. The Labute approximate surface area is 262 Å². The fraction of sp³-hybridized carbons (Fsp3) is 0.452. The third kappa shape index (κ3) is 10.3. The van der Waals surface area contributed by atoms with Gasteiger partial charge in [0.2, 0.25) is 11.8 Å². The van der Waals surface area contributed by atoms with Crippen molar-refractivity contribution in [2.24, 2.45) is 5.41 Å². The molecule has 0 aliphatic rings. The van der Waals surface area contributed by atoms with Crippen LogP contribution in [0.2, 0.25) is 0 Å². The molecule has 0 spiro atoms. The summed E-state index contributed by atoms with van der Waals surface area (Å²) >= 11 is 0. The molecule has 0 aromatic heterocycles. The second kappa shape index (κ2) is 14.5. The number of hydrogen-bond donors (Lipinski definition) is 3. The number of hydrogen-bond acceptors (Lipinski definition) is 7. The molecule has 2 atom stereocenters. The summed E-state index contributed by atoms with van der Waals surface area (Å²) < 4.78 is 67.9. The number of nitrogens with one attached hydrogen (secondary N) is 3. The van der Waals surface area contributed by atoms with Crippen LogP contribution in [-0.2, 0) is 29.8 Å². The minimum atomic E-state index is -4.95. The smallest absolute Gasteiger partial charge is 0.406 e. The maximum absolute atomic E-state index is 13.6. The van der Waals surface area contributed by atoms with Gasteiger partial charge in [-0.3, -0.25) is 14.4 Å². The van der Waals surface area contributed by atoms with Crippen LogP contribution in [0.5, 0.6) is 5.75 Å². The Hall–Kier alpha value is -3.91. The van der Waals surface area contributed by atoms with E-state index < -0.39 is 61.8 Å². The highest BCUT2D eigenvalue weighted by molar-refractivity contribution is 7.90. The van der Waals surface area contributed by atoms with Crippen LogP contribution in [0.15, 0.2) is 71.1 Å². The van der Waals surface area contributed by atoms with Gasteiger partial charge in [-0.05, 0) is 49.2 Å². The topological polar surface area (TPSA) is 134 Å². The van der Waals surface area contributed by atoms with E-state index in [0.29, 0.717) is 0 Å². The third-order valence-electron chi connectivity index (χ3n) is 7.19. The molecule has 0 saturated heterocycles. The summed E-state index contributed by atoms with van der Waals surface area (Å²) in [6, 6.07) is 11.2. The SMILES string of the molecule is CN[C@H](C(=O)NC(C(=O)N(C)C/C=C(\C)C(=O)NS(=O)(=O)c1ccc(OC(F)(F)F)cc1)C(C)(C)C)C(C)(C)c1ccccc1. The zero-order valence-electron chi connectivity index (χ0n) is 26.6. The van der Waals surface area contributed by atoms with Crippen LogP contribution in [0, 0.1) is 5.41 Å². The van der Waals surface area contributed by atoms with Crippen molar-refractivity contribution in [2.45, 2.75) is 70.3 Å². The number of sulfonamides is 1. The Kier molecular flexibility index (Phi) is 12.0. The summed E-state index contributed by atoms with van der Waals surface area (Å²) in [6.07, 6.45) is -3.60. The number of halogens is 3. The first kappa shape index (κ1) is 37.3. The van der Waals surface area contributed by atoms with Crippen LogP contribution >= 0.6 is 0 Å². The summed E-state index contributed by atoms with van der Waals surface area (Å²) in [4.78, 5) is 40.6. The molecule has 3 amide bonds. The van der Waals surface area contributed by atoms with Crippen LogP contribution < -0.4 is 20.1 Å². The monoisotopic (exact) mass is 654 g/mol. The molecule has 0 radical (unpaired) electrons. The molecule has 45 heavy (non-hydrogen) atoms. The highest BCUT2D eigenvalue weighted by Gasteiger charge is 2.40. The van der Waals surface area contributed by atoms with Crippen molar-refractivity contribution in [1.29, 1.82) is 0 Å². The van der Waals surface area contributed by atoms with Crippen LogP contribution in [0.4, 0.5) is 13.2 Å². The second-order valence-electron chi connectivity index (χ2n) is 12.2. The van der Waals surface area contributed by atoms with E-state index >= 15 is 0 Å². The first-order valence-electron chi connectivity index (χ1n) is 14.0. The van der Waals surface area contributed by atoms with Gasteiger partial charge in [0, 0.05) is 24.6 Å². The lowest BCUT2D eigenvalue weighted by Crippen LogP contribution is -2.60. The molecule has 2 aromatic rings. The molecule has 0 aliphatic heterocycles. The van der Waals surface area contributed by atoms with Gasteiger partial charge < -0.3 is 20.3 Å². The van der Waals surface area contributed by atoms with Crippen LogP contribution in [0.1, 0.15) is 47.1 Å². The van der Waals surface area contributed by atoms with Gasteiger partial charge in [-0.25, -0.2) is 13.1 Å². The molecule has 0 heterocycles. The summed E-state index contributed by atoms with van der Waals surface area (Å²) in [5.41, 5.74) is -0.416. The van der Waals surface area contributed by atoms with Gasteiger partial charge in [-0.1, -0.05) is 71.0 Å². The van der Waals surface area contributed by atoms with Gasteiger partial charge in [-0.2, -0.15) is 0 Å². The Balaban J connectivity index is 2.13. The minimum Gasteiger partial charge on any atom is -0.406 e. The summed E-state index contributed by atoms with van der Waals surface area (Å²) in [5.74, 6) is -2.42. The van der Waals surface area contributed by atoms with Crippen LogP contribution in [-0.4, -0.2) is 70.1 Å². The van der Waals surface area contributed by atoms with E-state index in [0.717, 1.165) is 29.8 Å². The number of alkyl halides is 3. The molecule has 0 bridgehead atoms. The largest absolute Gasteiger partial charge is 0.573 e. The van der Waals surface area contributed by atoms with E-state index in [1.54, 1.807) is 7.05 Å². The Morgan fingerprint density at radius 1 is 0.933 bits per heavy atom. The minimum absolute atomic E-state index is 0.0357. The summed E-state index contributed by atoms with van der Waals surface area (Å²) in [7, 11) is -1.26. The zero-order chi connectivity index (χ0) is 34.4. The fourth-order valence-electron chi connectivity index (χ4n) is 4.49. The molecule has 248 valence electrons. The number of benzene rings is 2. The molecular formula is C31H41F3N4O6S. The van der Waals surface area contributed by atoms with Crippen molar-refractivity contribution in [3.8, 4) is 5.75 Å². The molecule has 0 fully saturated rings. The number of ether oxygens (including phenoxy) is 1. The number of carbonyl (C=O) groups excluding carboxylic acids is 3. The average Bonchev–Trinajstić information content (AvgIpc) is 2.93. The number of nitrogens with zero attached hydrogens (tertiary/aromatic N) is 1. The van der Waals surface area contributed by atoms with Gasteiger partial charge in [0.05, 0.1) is 10.9 Å². The Morgan fingerprint density at radius 2 is 1.49 bits per heavy atom. The van der Waals surface area contributed by atoms with E-state index in [2.05, 4.69) is 15.4 Å². The van der Waals surface area contributed by atoms with Crippen molar-refractivity contribution in [1.82, 2.24) is 20.3 Å². The highest BCUT2D eigenvalue weighted by atomic mass is 32.2. The number of likely N-dealkylation sites (N-methyl/N-ethyl adjacent to an activating group) is 2. The van der Waals surface area contributed by atoms with Gasteiger partial charge >= 0.3 is 6.36 Å². The third-order valence-corrected chi connectivity index (χ3v) is 8.54. The molecule has 2 aromatic carbocycles. The lowest BCUT2D eigenvalue weighted by molar-refractivity contribution is -0.274. The van der Waals surface area contributed by atoms with Crippen molar-refractivity contribution in [2.75, 3.05) is 20.6 Å². The standard InChI is InChI=1S/C31H41F3N4O6S/c1-20(26(39)37-45(42,43)23-16-14-22(15-17-23)44-31(32,33)34)18-19-38(8)28(41)25(29(2,3)4)36-27(40)24(35-7)30(5,6)21-12-10-9-11-13-21/h9-18,24-25,35H,19H2,1-8H3,(H,36,40)(H,37,39)/b20-18+/t24-,25?/m1/s1. The van der Waals surface area contributed by atoms with Crippen LogP contribution in [0.3, 0.4) is 0 Å². The zero-order valence-corrected chi connectivity index (χ0v) is 27.4. The van der Waals surface area contributed by atoms with E-state index in [4.69, 9.17) is 0 Å². The maximum atomic E-state index is 13.6. The van der Waals surface area contributed by atoms with E-state index in [9.17, 15) is 36.0 Å². The number of carbonyl (C=O) groups is 3. The lowest BCUT2D eigenvalue weighted by atomic mass is 9.76. The summed E-state index contributed by atoms with van der Waals surface area (Å²) in [5, 5.41) is 5.97. The highest BCUT2D eigenvalue weighted by Crippen LogP contribution is 2.29. The molecular weight excluding hydrogens is 613 g/mol. The summed E-state index contributed by atoms with van der Waals surface area (Å²) in [6.45, 7) is 10.5.